The molecule has 1 N–H and O–H groups in total. The fourth-order valence-corrected chi connectivity index (χ4v) is 1.46. The van der Waals surface area contributed by atoms with E-state index in [0.717, 1.165) is 6.07 Å². The van der Waals surface area contributed by atoms with Crippen LogP contribution in [-0.2, 0) is 0 Å². The summed E-state index contributed by atoms with van der Waals surface area (Å²) in [5.74, 6) is -1.20. The molecule has 0 saturated carbocycles. The molecule has 0 aromatic heterocycles. The standard InChI is InChI=1S/C11H12BrFO2/c1-11(2,3)10(15)6-4-7(12)9(14)5-8(6)13/h4-5,14H,1-3H3. The maximum Gasteiger partial charge on any atom is 0.171 e. The van der Waals surface area contributed by atoms with Gasteiger partial charge < -0.3 is 5.11 Å². The molecule has 2 nitrogen and oxygen atoms in total. The Kier molecular flexibility index (Phi) is 3.19. The normalized spacial score (nSPS) is 11.5. The van der Waals surface area contributed by atoms with E-state index in [2.05, 4.69) is 15.9 Å². The SMILES string of the molecule is CC(C)(C)C(=O)c1cc(Br)c(O)cc1F. The fourth-order valence-electron chi connectivity index (χ4n) is 1.11. The summed E-state index contributed by atoms with van der Waals surface area (Å²) in [7, 11) is 0. The fraction of sp³-hybridized carbons (Fsp3) is 0.364. The number of benzene rings is 1. The van der Waals surface area contributed by atoms with Gasteiger partial charge in [0.05, 0.1) is 10.0 Å². The van der Waals surface area contributed by atoms with Gasteiger partial charge in [-0.1, -0.05) is 20.8 Å². The van der Waals surface area contributed by atoms with E-state index in [1.807, 2.05) is 0 Å². The number of aromatic hydroxyl groups is 1. The van der Waals surface area contributed by atoms with Gasteiger partial charge in [-0.05, 0) is 22.0 Å². The van der Waals surface area contributed by atoms with Crippen molar-refractivity contribution in [1.29, 1.82) is 0 Å². The molecule has 4 heteroatoms. The zero-order chi connectivity index (χ0) is 11.8. The van der Waals surface area contributed by atoms with Crippen molar-refractivity contribution in [2.45, 2.75) is 20.8 Å². The number of carbonyl (C=O) groups is 1. The van der Waals surface area contributed by atoms with Crippen LogP contribution in [0.4, 0.5) is 4.39 Å². The van der Waals surface area contributed by atoms with Crippen molar-refractivity contribution in [3.8, 4) is 5.75 Å². The zero-order valence-electron chi connectivity index (χ0n) is 8.77. The molecule has 82 valence electrons. The highest BCUT2D eigenvalue weighted by atomic mass is 79.9. The second-order valence-corrected chi connectivity index (χ2v) is 5.22. The number of Topliss-reactive ketones (excluding diaryl/α,β-unsaturated/α-hetero) is 1. The van der Waals surface area contributed by atoms with Crippen LogP contribution in [0.1, 0.15) is 31.1 Å². The second-order valence-electron chi connectivity index (χ2n) is 4.36. The lowest BCUT2D eigenvalue weighted by Crippen LogP contribution is -2.21. The highest BCUT2D eigenvalue weighted by molar-refractivity contribution is 9.10. The third-order valence-corrected chi connectivity index (χ3v) is 2.60. The monoisotopic (exact) mass is 274 g/mol. The summed E-state index contributed by atoms with van der Waals surface area (Å²) >= 11 is 3.05. The molecule has 0 saturated heterocycles. The van der Waals surface area contributed by atoms with E-state index in [1.165, 1.54) is 6.07 Å². The zero-order valence-corrected chi connectivity index (χ0v) is 10.4. The molecule has 1 aromatic rings. The van der Waals surface area contributed by atoms with Gasteiger partial charge in [0.15, 0.2) is 5.78 Å². The number of phenols is 1. The molecule has 0 aliphatic rings. The first-order valence-corrected chi connectivity index (χ1v) is 5.25. The molecular weight excluding hydrogens is 263 g/mol. The van der Waals surface area contributed by atoms with Crippen LogP contribution in [0, 0.1) is 11.2 Å². The lowest BCUT2D eigenvalue weighted by atomic mass is 9.86. The Morgan fingerprint density at radius 1 is 1.40 bits per heavy atom. The summed E-state index contributed by atoms with van der Waals surface area (Å²) < 4.78 is 13.7. The van der Waals surface area contributed by atoms with Gasteiger partial charge in [0.1, 0.15) is 11.6 Å². The smallest absolute Gasteiger partial charge is 0.171 e. The van der Waals surface area contributed by atoms with E-state index < -0.39 is 11.2 Å². The van der Waals surface area contributed by atoms with Crippen LogP contribution in [0.25, 0.3) is 0 Å². The summed E-state index contributed by atoms with van der Waals surface area (Å²) in [6.45, 7) is 5.15. The minimum atomic E-state index is -0.698. The van der Waals surface area contributed by atoms with Gasteiger partial charge in [-0.15, -0.1) is 0 Å². The molecule has 0 bridgehead atoms. The summed E-state index contributed by atoms with van der Waals surface area (Å²) in [4.78, 5) is 11.8. The Hall–Kier alpha value is -0.900. The maximum atomic E-state index is 13.4. The topological polar surface area (TPSA) is 37.3 Å². The van der Waals surface area contributed by atoms with Gasteiger partial charge in [-0.2, -0.15) is 0 Å². The van der Waals surface area contributed by atoms with Gasteiger partial charge >= 0.3 is 0 Å². The van der Waals surface area contributed by atoms with Gasteiger partial charge in [0.25, 0.3) is 0 Å². The van der Waals surface area contributed by atoms with E-state index >= 15 is 0 Å². The molecule has 0 heterocycles. The molecule has 0 unspecified atom stereocenters. The lowest BCUT2D eigenvalue weighted by Gasteiger charge is -2.17. The van der Waals surface area contributed by atoms with Crippen LogP contribution >= 0.6 is 15.9 Å². The highest BCUT2D eigenvalue weighted by Gasteiger charge is 2.26. The van der Waals surface area contributed by atoms with Crippen molar-refractivity contribution >= 4 is 21.7 Å². The van der Waals surface area contributed by atoms with Crippen LogP contribution in [-0.4, -0.2) is 10.9 Å². The Balaban J connectivity index is 3.28. The lowest BCUT2D eigenvalue weighted by molar-refractivity contribution is 0.0854. The number of carbonyl (C=O) groups excluding carboxylic acids is 1. The molecule has 15 heavy (non-hydrogen) atoms. The highest BCUT2D eigenvalue weighted by Crippen LogP contribution is 2.30. The first-order chi connectivity index (χ1) is 6.73. The van der Waals surface area contributed by atoms with Crippen molar-refractivity contribution in [2.75, 3.05) is 0 Å². The molecule has 0 radical (unpaired) electrons. The third kappa shape index (κ3) is 2.56. The molecule has 0 aliphatic heterocycles. The number of hydrogen-bond acceptors (Lipinski definition) is 2. The van der Waals surface area contributed by atoms with E-state index in [4.69, 9.17) is 0 Å². The third-order valence-electron chi connectivity index (χ3n) is 1.96. The van der Waals surface area contributed by atoms with Crippen LogP contribution in [0.2, 0.25) is 0 Å². The minimum absolute atomic E-state index is 0.00725. The van der Waals surface area contributed by atoms with E-state index in [1.54, 1.807) is 20.8 Å². The number of phenolic OH excluding ortho intramolecular Hbond substituents is 1. The van der Waals surface area contributed by atoms with Crippen LogP contribution in [0.3, 0.4) is 0 Å². The summed E-state index contributed by atoms with van der Waals surface area (Å²) in [5.41, 5.74) is -0.649. The van der Waals surface area contributed by atoms with E-state index in [-0.39, 0.29) is 17.1 Å². The van der Waals surface area contributed by atoms with Gasteiger partial charge in [-0.25, -0.2) is 4.39 Å². The Morgan fingerprint density at radius 2 is 1.93 bits per heavy atom. The molecule has 0 amide bonds. The number of ketones is 1. The minimum Gasteiger partial charge on any atom is -0.507 e. The summed E-state index contributed by atoms with van der Waals surface area (Å²) in [5, 5.41) is 9.21. The quantitative estimate of drug-likeness (QED) is 0.796. The number of halogens is 2. The first kappa shape index (κ1) is 12.2. The van der Waals surface area contributed by atoms with Gasteiger partial charge in [0.2, 0.25) is 0 Å². The molecule has 0 atom stereocenters. The Bertz CT molecular complexity index is 408. The van der Waals surface area contributed by atoms with Crippen LogP contribution in [0.5, 0.6) is 5.75 Å². The van der Waals surface area contributed by atoms with Crippen molar-refractivity contribution in [3.05, 3.63) is 28.0 Å². The van der Waals surface area contributed by atoms with Crippen molar-refractivity contribution in [1.82, 2.24) is 0 Å². The summed E-state index contributed by atoms with van der Waals surface area (Å²) in [6, 6.07) is 2.24. The number of rotatable bonds is 1. The summed E-state index contributed by atoms with van der Waals surface area (Å²) in [6.07, 6.45) is 0. The van der Waals surface area contributed by atoms with Crippen molar-refractivity contribution in [2.24, 2.45) is 5.41 Å². The first-order valence-electron chi connectivity index (χ1n) is 4.46. The number of hydrogen-bond donors (Lipinski definition) is 1. The van der Waals surface area contributed by atoms with Crippen molar-refractivity contribution in [3.63, 3.8) is 0 Å². The Labute approximate surface area is 96.2 Å². The van der Waals surface area contributed by atoms with Crippen LogP contribution < -0.4 is 0 Å². The molecule has 1 rings (SSSR count). The maximum absolute atomic E-state index is 13.4. The van der Waals surface area contributed by atoms with Gasteiger partial charge in [-0.3, -0.25) is 4.79 Å². The second kappa shape index (κ2) is 3.93. The average molecular weight is 275 g/mol. The van der Waals surface area contributed by atoms with Gasteiger partial charge in [0, 0.05) is 11.5 Å². The molecule has 0 fully saturated rings. The van der Waals surface area contributed by atoms with Crippen LogP contribution in [0.15, 0.2) is 16.6 Å². The largest absolute Gasteiger partial charge is 0.507 e. The predicted molar refractivity (Wildman–Crippen MR) is 59.6 cm³/mol. The van der Waals surface area contributed by atoms with E-state index in [0.29, 0.717) is 4.47 Å². The Morgan fingerprint density at radius 3 is 2.40 bits per heavy atom. The van der Waals surface area contributed by atoms with Crippen molar-refractivity contribution < 1.29 is 14.3 Å². The van der Waals surface area contributed by atoms with E-state index in [9.17, 15) is 14.3 Å². The molecule has 1 aromatic carbocycles. The molecular formula is C11H12BrFO2. The predicted octanol–water partition coefficient (Wildman–Crippen LogP) is 3.52. The molecule has 0 aliphatic carbocycles. The molecule has 0 spiro atoms. The average Bonchev–Trinajstić information content (AvgIpc) is 2.08.